The van der Waals surface area contributed by atoms with Crippen molar-refractivity contribution >= 4 is 11.7 Å². The summed E-state index contributed by atoms with van der Waals surface area (Å²) < 4.78 is 7.42. The molecule has 0 spiro atoms. The first kappa shape index (κ1) is 17.3. The lowest BCUT2D eigenvalue weighted by Crippen LogP contribution is -2.49. The van der Waals surface area contributed by atoms with Gasteiger partial charge in [-0.3, -0.25) is 9.36 Å². The van der Waals surface area contributed by atoms with Crippen LogP contribution in [0.25, 0.3) is 5.82 Å². The number of hydrogen-bond acceptors (Lipinski definition) is 6. The first-order valence-corrected chi connectivity index (χ1v) is 8.96. The maximum Gasteiger partial charge on any atom is 0.257 e. The van der Waals surface area contributed by atoms with Crippen LogP contribution in [-0.2, 0) is 0 Å². The summed E-state index contributed by atoms with van der Waals surface area (Å²) in [7, 11) is 0. The third-order valence-electron chi connectivity index (χ3n) is 4.87. The maximum absolute atomic E-state index is 12.7. The number of aryl methyl sites for hydroxylation is 3. The van der Waals surface area contributed by atoms with Crippen molar-refractivity contribution in [1.29, 1.82) is 0 Å². The van der Waals surface area contributed by atoms with Crippen LogP contribution in [0.1, 0.15) is 27.7 Å². The minimum atomic E-state index is 0.0291. The van der Waals surface area contributed by atoms with Crippen molar-refractivity contribution in [2.24, 2.45) is 0 Å². The second kappa shape index (κ2) is 6.86. The number of hydrogen-bond donors (Lipinski definition) is 0. The lowest BCUT2D eigenvalue weighted by molar-refractivity contribution is 0.0744. The number of carbonyl (C=O) groups excluding carboxylic acids is 1. The van der Waals surface area contributed by atoms with Gasteiger partial charge in [-0.2, -0.15) is 0 Å². The van der Waals surface area contributed by atoms with Gasteiger partial charge in [0.15, 0.2) is 0 Å². The Morgan fingerprint density at radius 2 is 1.74 bits per heavy atom. The van der Waals surface area contributed by atoms with Gasteiger partial charge in [-0.25, -0.2) is 15.0 Å². The van der Waals surface area contributed by atoms with Crippen molar-refractivity contribution in [3.8, 4) is 5.82 Å². The zero-order chi connectivity index (χ0) is 19.0. The van der Waals surface area contributed by atoms with Crippen molar-refractivity contribution < 1.29 is 9.21 Å². The van der Waals surface area contributed by atoms with E-state index in [0.29, 0.717) is 24.4 Å². The highest BCUT2D eigenvalue weighted by atomic mass is 16.3. The van der Waals surface area contributed by atoms with Crippen LogP contribution in [0.5, 0.6) is 0 Å². The monoisotopic (exact) mass is 366 g/mol. The highest BCUT2D eigenvalue weighted by Gasteiger charge is 2.25. The summed E-state index contributed by atoms with van der Waals surface area (Å²) in [5, 5.41) is 0. The van der Waals surface area contributed by atoms with Crippen molar-refractivity contribution in [3.05, 3.63) is 53.8 Å². The summed E-state index contributed by atoms with van der Waals surface area (Å²) in [4.78, 5) is 29.8. The molecule has 8 heteroatoms. The third-order valence-corrected chi connectivity index (χ3v) is 4.87. The number of amides is 1. The number of anilines is 1. The molecule has 140 valence electrons. The zero-order valence-electron chi connectivity index (χ0n) is 15.7. The average molecular weight is 366 g/mol. The van der Waals surface area contributed by atoms with Gasteiger partial charge in [0, 0.05) is 44.6 Å². The average Bonchev–Trinajstić information content (AvgIpc) is 3.26. The molecule has 0 saturated carbocycles. The van der Waals surface area contributed by atoms with Crippen LogP contribution in [0.2, 0.25) is 0 Å². The number of furan rings is 1. The molecule has 3 aromatic rings. The second-order valence-electron chi connectivity index (χ2n) is 6.69. The minimum absolute atomic E-state index is 0.0291. The number of aromatic nitrogens is 4. The molecule has 1 fully saturated rings. The number of piperazine rings is 1. The van der Waals surface area contributed by atoms with E-state index in [0.717, 1.165) is 36.3 Å². The second-order valence-corrected chi connectivity index (χ2v) is 6.69. The lowest BCUT2D eigenvalue weighted by atomic mass is 10.2. The normalized spacial score (nSPS) is 14.6. The molecule has 0 radical (unpaired) electrons. The Morgan fingerprint density at radius 3 is 2.37 bits per heavy atom. The fraction of sp³-hybridized carbons (Fsp3) is 0.368. The summed E-state index contributed by atoms with van der Waals surface area (Å²) in [6.07, 6.45) is 5.20. The Labute approximate surface area is 157 Å². The largest absolute Gasteiger partial charge is 0.466 e. The lowest BCUT2D eigenvalue weighted by Gasteiger charge is -2.35. The van der Waals surface area contributed by atoms with Crippen LogP contribution in [0, 0.1) is 20.8 Å². The van der Waals surface area contributed by atoms with Gasteiger partial charge in [0.25, 0.3) is 5.91 Å². The molecule has 1 aliphatic heterocycles. The molecule has 4 rings (SSSR count). The van der Waals surface area contributed by atoms with E-state index >= 15 is 0 Å². The standard InChI is InChI=1S/C19H22N6O2/c1-13-10-16(14(2)27-13)19(26)24-8-6-23(7-9-24)17-11-18(22-12-21-17)25-5-4-20-15(25)3/h4-5,10-12H,6-9H2,1-3H3. The number of rotatable bonds is 3. The Bertz CT molecular complexity index is 968. The van der Waals surface area contributed by atoms with Gasteiger partial charge in [-0.1, -0.05) is 0 Å². The van der Waals surface area contributed by atoms with Gasteiger partial charge in [0.2, 0.25) is 0 Å². The molecule has 0 aliphatic carbocycles. The molecule has 0 unspecified atom stereocenters. The van der Waals surface area contributed by atoms with E-state index in [1.807, 2.05) is 48.6 Å². The quantitative estimate of drug-likeness (QED) is 0.707. The highest BCUT2D eigenvalue weighted by Crippen LogP contribution is 2.20. The molecule has 27 heavy (non-hydrogen) atoms. The molecule has 0 bridgehead atoms. The van der Waals surface area contributed by atoms with E-state index in [9.17, 15) is 4.79 Å². The SMILES string of the molecule is Cc1cc(C(=O)N2CCN(c3cc(-n4ccnc4C)ncn3)CC2)c(C)o1. The van der Waals surface area contributed by atoms with Crippen LogP contribution in [0.15, 0.2) is 35.3 Å². The van der Waals surface area contributed by atoms with Crippen molar-refractivity contribution in [1.82, 2.24) is 24.4 Å². The van der Waals surface area contributed by atoms with Gasteiger partial charge >= 0.3 is 0 Å². The van der Waals surface area contributed by atoms with E-state index in [1.54, 1.807) is 12.5 Å². The summed E-state index contributed by atoms with van der Waals surface area (Å²) in [5.74, 6) is 3.99. The first-order chi connectivity index (χ1) is 13.0. The summed E-state index contributed by atoms with van der Waals surface area (Å²) >= 11 is 0. The van der Waals surface area contributed by atoms with Gasteiger partial charge in [0.1, 0.15) is 35.3 Å². The molecule has 1 saturated heterocycles. The van der Waals surface area contributed by atoms with Crippen molar-refractivity contribution in [2.75, 3.05) is 31.1 Å². The Hall–Kier alpha value is -3.16. The van der Waals surface area contributed by atoms with Crippen LogP contribution >= 0.6 is 0 Å². The van der Waals surface area contributed by atoms with Crippen LogP contribution < -0.4 is 4.90 Å². The van der Waals surface area contributed by atoms with Gasteiger partial charge in [-0.15, -0.1) is 0 Å². The van der Waals surface area contributed by atoms with Crippen molar-refractivity contribution in [2.45, 2.75) is 20.8 Å². The van der Waals surface area contributed by atoms with E-state index < -0.39 is 0 Å². The smallest absolute Gasteiger partial charge is 0.257 e. The minimum Gasteiger partial charge on any atom is -0.466 e. The number of nitrogens with zero attached hydrogens (tertiary/aromatic N) is 6. The molecule has 3 aromatic heterocycles. The Balaban J connectivity index is 1.46. The fourth-order valence-corrected chi connectivity index (χ4v) is 3.41. The van der Waals surface area contributed by atoms with E-state index in [-0.39, 0.29) is 5.91 Å². The molecule has 1 aliphatic rings. The topological polar surface area (TPSA) is 80.3 Å². The Kier molecular flexibility index (Phi) is 4.39. The molecule has 0 atom stereocenters. The molecular formula is C19H22N6O2. The zero-order valence-corrected chi connectivity index (χ0v) is 15.7. The number of imidazole rings is 1. The Morgan fingerprint density at radius 1 is 1.00 bits per heavy atom. The first-order valence-electron chi connectivity index (χ1n) is 8.96. The van der Waals surface area contributed by atoms with Crippen molar-refractivity contribution in [3.63, 3.8) is 0 Å². The summed E-state index contributed by atoms with van der Waals surface area (Å²) in [6.45, 7) is 8.36. The molecule has 0 aromatic carbocycles. The predicted molar refractivity (Wildman–Crippen MR) is 100 cm³/mol. The molecule has 4 heterocycles. The maximum atomic E-state index is 12.7. The highest BCUT2D eigenvalue weighted by molar-refractivity contribution is 5.95. The molecule has 1 amide bonds. The molecule has 8 nitrogen and oxygen atoms in total. The summed E-state index contributed by atoms with van der Waals surface area (Å²) in [6, 6.07) is 3.77. The van der Waals surface area contributed by atoms with E-state index in [1.165, 1.54) is 0 Å². The van der Waals surface area contributed by atoms with Crippen LogP contribution in [0.3, 0.4) is 0 Å². The summed E-state index contributed by atoms with van der Waals surface area (Å²) in [5.41, 5.74) is 0.654. The molecular weight excluding hydrogens is 344 g/mol. The predicted octanol–water partition coefficient (Wildman–Crippen LogP) is 2.14. The van der Waals surface area contributed by atoms with Gasteiger partial charge < -0.3 is 14.2 Å². The van der Waals surface area contributed by atoms with E-state index in [2.05, 4.69) is 19.9 Å². The van der Waals surface area contributed by atoms with E-state index in [4.69, 9.17) is 4.42 Å². The third kappa shape index (κ3) is 3.30. The van der Waals surface area contributed by atoms with Crippen LogP contribution in [-0.4, -0.2) is 56.5 Å². The number of carbonyl (C=O) groups is 1. The van der Waals surface area contributed by atoms with Gasteiger partial charge in [-0.05, 0) is 26.8 Å². The van der Waals surface area contributed by atoms with Crippen LogP contribution in [0.4, 0.5) is 5.82 Å². The fourth-order valence-electron chi connectivity index (χ4n) is 3.41. The molecule has 0 N–H and O–H groups in total. The van der Waals surface area contributed by atoms with Gasteiger partial charge in [0.05, 0.1) is 5.56 Å².